The number of aryl methyl sites for hydroxylation is 1. The second-order valence-electron chi connectivity index (χ2n) is 7.83. The summed E-state index contributed by atoms with van der Waals surface area (Å²) >= 11 is 0. The van der Waals surface area contributed by atoms with Crippen LogP contribution in [-0.4, -0.2) is 40.2 Å². The van der Waals surface area contributed by atoms with E-state index in [2.05, 4.69) is 29.3 Å². The summed E-state index contributed by atoms with van der Waals surface area (Å²) in [5.41, 5.74) is 4.83. The summed E-state index contributed by atoms with van der Waals surface area (Å²) in [4.78, 5) is 14.8. The first-order valence-corrected chi connectivity index (χ1v) is 12.7. The Kier molecular flexibility index (Phi) is 8.59. The Morgan fingerprint density at radius 1 is 0.971 bits per heavy atom. The highest BCUT2D eigenvalue weighted by Crippen LogP contribution is 2.26. The van der Waals surface area contributed by atoms with Gasteiger partial charge in [0.2, 0.25) is 0 Å². The Morgan fingerprint density at radius 2 is 1.60 bits per heavy atom. The minimum absolute atomic E-state index is 0.0454. The average molecular weight is 497 g/mol. The standard InChI is InChI=1S/C26H29FN4O3S/c1-4-30(5-2)22-14-12-21(13-15-22)18-28-29-26(32)19-31(25-9-7-6-8-24(25)27)35(33,34)23-16-10-20(3)11-17-23/h6-18H,4-5,19H2,1-3H3,(H,29,32)/b28-18-. The lowest BCUT2D eigenvalue weighted by atomic mass is 10.2. The lowest BCUT2D eigenvalue weighted by Crippen LogP contribution is -2.40. The van der Waals surface area contributed by atoms with Crippen LogP contribution >= 0.6 is 0 Å². The molecule has 1 N–H and O–H groups in total. The van der Waals surface area contributed by atoms with Gasteiger partial charge >= 0.3 is 0 Å². The van der Waals surface area contributed by atoms with Gasteiger partial charge in [0.1, 0.15) is 12.4 Å². The SMILES string of the molecule is CCN(CC)c1ccc(/C=N\NC(=O)CN(c2ccccc2F)S(=O)(=O)c2ccc(C)cc2)cc1. The number of sulfonamides is 1. The molecule has 0 aliphatic carbocycles. The van der Waals surface area contributed by atoms with Gasteiger partial charge in [0.05, 0.1) is 16.8 Å². The summed E-state index contributed by atoms with van der Waals surface area (Å²) in [7, 11) is -4.21. The van der Waals surface area contributed by atoms with E-state index >= 15 is 0 Å². The Bertz CT molecular complexity index is 1270. The number of nitrogens with one attached hydrogen (secondary N) is 1. The van der Waals surface area contributed by atoms with Gasteiger partial charge in [0, 0.05) is 18.8 Å². The van der Waals surface area contributed by atoms with E-state index in [0.717, 1.165) is 40.3 Å². The van der Waals surface area contributed by atoms with Gasteiger partial charge in [-0.3, -0.25) is 9.10 Å². The monoisotopic (exact) mass is 496 g/mol. The number of rotatable bonds is 10. The van der Waals surface area contributed by atoms with E-state index in [1.54, 1.807) is 12.1 Å². The maximum Gasteiger partial charge on any atom is 0.264 e. The lowest BCUT2D eigenvalue weighted by molar-refractivity contribution is -0.119. The molecule has 0 saturated carbocycles. The first-order chi connectivity index (χ1) is 16.8. The third-order valence-electron chi connectivity index (χ3n) is 5.44. The Balaban J connectivity index is 1.77. The van der Waals surface area contributed by atoms with Gasteiger partial charge in [-0.1, -0.05) is 42.0 Å². The van der Waals surface area contributed by atoms with E-state index in [9.17, 15) is 17.6 Å². The fourth-order valence-corrected chi connectivity index (χ4v) is 4.92. The molecule has 0 unspecified atom stereocenters. The maximum absolute atomic E-state index is 14.5. The zero-order chi connectivity index (χ0) is 25.4. The molecule has 0 radical (unpaired) electrons. The largest absolute Gasteiger partial charge is 0.372 e. The average Bonchev–Trinajstić information content (AvgIpc) is 2.85. The van der Waals surface area contributed by atoms with Crippen molar-refractivity contribution in [2.45, 2.75) is 25.7 Å². The molecular weight excluding hydrogens is 467 g/mol. The van der Waals surface area contributed by atoms with Gasteiger partial charge in [-0.2, -0.15) is 5.10 Å². The molecule has 0 atom stereocenters. The maximum atomic E-state index is 14.5. The Labute approximate surface area is 205 Å². The summed E-state index contributed by atoms with van der Waals surface area (Å²) in [5.74, 6) is -1.47. The Hall–Kier alpha value is -3.72. The highest BCUT2D eigenvalue weighted by atomic mass is 32.2. The van der Waals surface area contributed by atoms with E-state index in [-0.39, 0.29) is 10.6 Å². The minimum atomic E-state index is -4.21. The molecule has 7 nitrogen and oxygen atoms in total. The van der Waals surface area contributed by atoms with Crippen molar-refractivity contribution in [2.75, 3.05) is 28.8 Å². The molecule has 3 aromatic carbocycles. The van der Waals surface area contributed by atoms with Gasteiger partial charge in [-0.05, 0) is 62.7 Å². The molecule has 0 aliphatic rings. The number of para-hydroxylation sites is 1. The van der Waals surface area contributed by atoms with Crippen LogP contribution in [0.15, 0.2) is 82.8 Å². The van der Waals surface area contributed by atoms with Gasteiger partial charge in [-0.25, -0.2) is 18.2 Å². The zero-order valence-electron chi connectivity index (χ0n) is 20.0. The van der Waals surface area contributed by atoms with Crippen molar-refractivity contribution < 1.29 is 17.6 Å². The number of hydrogen-bond donors (Lipinski definition) is 1. The fraction of sp³-hybridized carbons (Fsp3) is 0.231. The first-order valence-electron chi connectivity index (χ1n) is 11.3. The molecule has 9 heteroatoms. The summed E-state index contributed by atoms with van der Waals surface area (Å²) in [6, 6.07) is 19.2. The number of halogens is 1. The number of hydrazone groups is 1. The van der Waals surface area contributed by atoms with Gasteiger partial charge in [0.25, 0.3) is 15.9 Å². The number of hydrogen-bond acceptors (Lipinski definition) is 5. The number of nitrogens with zero attached hydrogens (tertiary/aromatic N) is 3. The van der Waals surface area contributed by atoms with Crippen molar-refractivity contribution >= 4 is 33.5 Å². The van der Waals surface area contributed by atoms with Crippen molar-refractivity contribution in [1.82, 2.24) is 5.43 Å². The van der Waals surface area contributed by atoms with E-state index < -0.39 is 28.3 Å². The van der Waals surface area contributed by atoms with Crippen LogP contribution in [0, 0.1) is 12.7 Å². The van der Waals surface area contributed by atoms with E-state index in [1.165, 1.54) is 36.5 Å². The van der Waals surface area contributed by atoms with Gasteiger partial charge < -0.3 is 4.90 Å². The number of carbonyl (C=O) groups is 1. The molecule has 0 aromatic heterocycles. The van der Waals surface area contributed by atoms with E-state index in [0.29, 0.717) is 0 Å². The van der Waals surface area contributed by atoms with Gasteiger partial charge in [-0.15, -0.1) is 0 Å². The van der Waals surface area contributed by atoms with Crippen molar-refractivity contribution in [3.63, 3.8) is 0 Å². The number of anilines is 2. The number of carbonyl (C=O) groups excluding carboxylic acids is 1. The summed E-state index contributed by atoms with van der Waals surface area (Å²) in [6.45, 7) is 7.13. The van der Waals surface area contributed by atoms with Crippen LogP contribution in [0.25, 0.3) is 0 Å². The molecule has 1 amide bonds. The molecule has 0 spiro atoms. The number of benzene rings is 3. The Morgan fingerprint density at radius 3 is 2.20 bits per heavy atom. The molecule has 35 heavy (non-hydrogen) atoms. The number of amides is 1. The van der Waals surface area contributed by atoms with Crippen molar-refractivity contribution in [2.24, 2.45) is 5.10 Å². The summed E-state index contributed by atoms with van der Waals surface area (Å²) in [5, 5.41) is 3.94. The van der Waals surface area contributed by atoms with Gasteiger partial charge in [0.15, 0.2) is 0 Å². The normalized spacial score (nSPS) is 11.4. The summed E-state index contributed by atoms with van der Waals surface area (Å²) in [6.07, 6.45) is 1.46. The second kappa shape index (κ2) is 11.6. The molecule has 3 rings (SSSR count). The van der Waals surface area contributed by atoms with Crippen molar-refractivity contribution in [3.8, 4) is 0 Å². The van der Waals surface area contributed by atoms with Crippen LogP contribution in [0.2, 0.25) is 0 Å². The van der Waals surface area contributed by atoms with Crippen LogP contribution in [0.4, 0.5) is 15.8 Å². The molecule has 0 heterocycles. The van der Waals surface area contributed by atoms with Crippen LogP contribution in [0.5, 0.6) is 0 Å². The van der Waals surface area contributed by atoms with E-state index in [1.807, 2.05) is 31.2 Å². The molecule has 0 aliphatic heterocycles. The lowest BCUT2D eigenvalue weighted by Gasteiger charge is -2.24. The highest BCUT2D eigenvalue weighted by molar-refractivity contribution is 7.92. The molecule has 0 bridgehead atoms. The third-order valence-corrected chi connectivity index (χ3v) is 7.22. The molecule has 0 fully saturated rings. The van der Waals surface area contributed by atoms with E-state index in [4.69, 9.17) is 0 Å². The molecule has 184 valence electrons. The molecule has 0 saturated heterocycles. The predicted molar refractivity (Wildman–Crippen MR) is 138 cm³/mol. The van der Waals surface area contributed by atoms with Crippen molar-refractivity contribution in [3.05, 3.63) is 89.7 Å². The molecule has 3 aromatic rings. The summed E-state index contributed by atoms with van der Waals surface area (Å²) < 4.78 is 41.9. The van der Waals surface area contributed by atoms with Crippen LogP contribution in [0.1, 0.15) is 25.0 Å². The smallest absolute Gasteiger partial charge is 0.264 e. The molecular formula is C26H29FN4O3S. The minimum Gasteiger partial charge on any atom is -0.372 e. The topological polar surface area (TPSA) is 82.1 Å². The first kappa shape index (κ1) is 25.9. The van der Waals surface area contributed by atoms with Crippen LogP contribution in [-0.2, 0) is 14.8 Å². The second-order valence-corrected chi connectivity index (χ2v) is 9.70. The van der Waals surface area contributed by atoms with Crippen LogP contribution < -0.4 is 14.6 Å². The highest BCUT2D eigenvalue weighted by Gasteiger charge is 2.29. The fourth-order valence-electron chi connectivity index (χ4n) is 3.50. The predicted octanol–water partition coefficient (Wildman–Crippen LogP) is 4.33. The zero-order valence-corrected chi connectivity index (χ0v) is 20.8. The van der Waals surface area contributed by atoms with Crippen molar-refractivity contribution in [1.29, 1.82) is 0 Å². The van der Waals surface area contributed by atoms with Crippen LogP contribution in [0.3, 0.4) is 0 Å². The third kappa shape index (κ3) is 6.45. The quantitative estimate of drug-likeness (QED) is 0.335.